The van der Waals surface area contributed by atoms with E-state index in [1.807, 2.05) is 11.8 Å². The Morgan fingerprint density at radius 3 is 2.62 bits per heavy atom. The average molecular weight is 373 g/mol. The zero-order valence-electron chi connectivity index (χ0n) is 13.9. The molecule has 0 bridgehead atoms. The molecule has 0 saturated carbocycles. The van der Waals surface area contributed by atoms with E-state index >= 15 is 0 Å². The number of hydrogen-bond acceptors (Lipinski definition) is 3. The number of halogens is 1. The van der Waals surface area contributed by atoms with Gasteiger partial charge in [-0.25, -0.2) is 0 Å². The number of rotatable bonds is 9. The zero-order chi connectivity index (χ0) is 15.8. The number of thioether (sulfide) groups is 1. The van der Waals surface area contributed by atoms with Crippen LogP contribution in [0.5, 0.6) is 0 Å². The highest BCUT2D eigenvalue weighted by molar-refractivity contribution is 9.10. The van der Waals surface area contributed by atoms with Crippen LogP contribution in [0.1, 0.15) is 45.2 Å². The first-order valence-corrected chi connectivity index (χ1v) is 9.94. The Hall–Kier alpha value is -0.190. The standard InChI is InChI=1S/C17H29BrN2S/c1-6-10-19-14(3)15-7-8-17(16(18)12-15)20(4)13(2)9-11-21-5/h7-8,12-14,19H,6,9-11H2,1-5H3. The molecule has 120 valence electrons. The van der Waals surface area contributed by atoms with Crippen molar-refractivity contribution >= 4 is 33.4 Å². The van der Waals surface area contributed by atoms with Gasteiger partial charge >= 0.3 is 0 Å². The van der Waals surface area contributed by atoms with Crippen LogP contribution in [0.25, 0.3) is 0 Å². The largest absolute Gasteiger partial charge is 0.371 e. The van der Waals surface area contributed by atoms with Gasteiger partial charge in [-0.15, -0.1) is 0 Å². The molecular formula is C17H29BrN2S. The number of anilines is 1. The predicted molar refractivity (Wildman–Crippen MR) is 102 cm³/mol. The van der Waals surface area contributed by atoms with Gasteiger partial charge in [-0.2, -0.15) is 11.8 Å². The van der Waals surface area contributed by atoms with Crippen molar-refractivity contribution in [3.63, 3.8) is 0 Å². The van der Waals surface area contributed by atoms with Gasteiger partial charge in [-0.05, 0) is 78.9 Å². The van der Waals surface area contributed by atoms with Gasteiger partial charge in [0.15, 0.2) is 0 Å². The summed E-state index contributed by atoms with van der Waals surface area (Å²) in [6, 6.07) is 7.68. The minimum atomic E-state index is 0.398. The maximum Gasteiger partial charge on any atom is 0.0510 e. The molecule has 21 heavy (non-hydrogen) atoms. The molecular weight excluding hydrogens is 344 g/mol. The van der Waals surface area contributed by atoms with Gasteiger partial charge in [0.25, 0.3) is 0 Å². The van der Waals surface area contributed by atoms with E-state index < -0.39 is 0 Å². The van der Waals surface area contributed by atoms with Crippen molar-refractivity contribution in [1.82, 2.24) is 5.32 Å². The fourth-order valence-electron chi connectivity index (χ4n) is 2.28. The highest BCUT2D eigenvalue weighted by Gasteiger charge is 2.14. The van der Waals surface area contributed by atoms with Crippen molar-refractivity contribution in [3.8, 4) is 0 Å². The van der Waals surface area contributed by atoms with Crippen molar-refractivity contribution in [2.45, 2.75) is 45.7 Å². The summed E-state index contributed by atoms with van der Waals surface area (Å²) in [5.74, 6) is 1.21. The smallest absolute Gasteiger partial charge is 0.0510 e. The molecule has 0 aliphatic heterocycles. The first kappa shape index (κ1) is 18.9. The Labute approximate surface area is 143 Å². The molecule has 0 aliphatic carbocycles. The summed E-state index contributed by atoms with van der Waals surface area (Å²) in [7, 11) is 2.18. The Kier molecular flexibility index (Phi) is 8.76. The molecule has 0 fully saturated rings. The fraction of sp³-hybridized carbons (Fsp3) is 0.647. The van der Waals surface area contributed by atoms with E-state index in [9.17, 15) is 0 Å². The Balaban J connectivity index is 2.77. The minimum Gasteiger partial charge on any atom is -0.371 e. The molecule has 1 aromatic carbocycles. The highest BCUT2D eigenvalue weighted by atomic mass is 79.9. The average Bonchev–Trinajstić information content (AvgIpc) is 2.49. The van der Waals surface area contributed by atoms with Gasteiger partial charge < -0.3 is 10.2 Å². The third kappa shape index (κ3) is 5.84. The lowest BCUT2D eigenvalue weighted by molar-refractivity contribution is 0.570. The molecule has 1 rings (SSSR count). The molecule has 1 N–H and O–H groups in total. The monoisotopic (exact) mass is 372 g/mol. The van der Waals surface area contributed by atoms with E-state index in [0.717, 1.165) is 6.54 Å². The van der Waals surface area contributed by atoms with Crippen molar-refractivity contribution in [1.29, 1.82) is 0 Å². The molecule has 0 amide bonds. The molecule has 2 nitrogen and oxygen atoms in total. The van der Waals surface area contributed by atoms with E-state index in [2.05, 4.69) is 78.4 Å². The van der Waals surface area contributed by atoms with Crippen molar-refractivity contribution in [3.05, 3.63) is 28.2 Å². The van der Waals surface area contributed by atoms with Gasteiger partial charge in [0, 0.05) is 23.6 Å². The summed E-state index contributed by atoms with van der Waals surface area (Å²) >= 11 is 5.66. The van der Waals surface area contributed by atoms with Crippen LogP contribution in [0.15, 0.2) is 22.7 Å². The Morgan fingerprint density at radius 2 is 2.05 bits per heavy atom. The van der Waals surface area contributed by atoms with Gasteiger partial charge in [-0.3, -0.25) is 0 Å². The predicted octanol–water partition coefficient (Wildman–Crippen LogP) is 5.09. The second-order valence-corrected chi connectivity index (χ2v) is 7.47. The molecule has 0 aromatic heterocycles. The normalized spacial score (nSPS) is 14.0. The van der Waals surface area contributed by atoms with Gasteiger partial charge in [0.1, 0.15) is 0 Å². The molecule has 2 atom stereocenters. The van der Waals surface area contributed by atoms with Crippen LogP contribution in [0.3, 0.4) is 0 Å². The molecule has 0 aliphatic rings. The lowest BCUT2D eigenvalue weighted by Crippen LogP contribution is -2.29. The minimum absolute atomic E-state index is 0.398. The molecule has 4 heteroatoms. The molecule has 2 unspecified atom stereocenters. The quantitative estimate of drug-likeness (QED) is 0.649. The van der Waals surface area contributed by atoms with Crippen molar-refractivity contribution in [2.75, 3.05) is 30.5 Å². The number of benzene rings is 1. The first-order valence-electron chi connectivity index (χ1n) is 7.75. The maximum absolute atomic E-state index is 3.75. The van der Waals surface area contributed by atoms with E-state index in [0.29, 0.717) is 12.1 Å². The Bertz CT molecular complexity index is 425. The number of hydrogen-bond donors (Lipinski definition) is 1. The van der Waals surface area contributed by atoms with Crippen LogP contribution in [-0.4, -0.2) is 31.6 Å². The van der Waals surface area contributed by atoms with Crippen molar-refractivity contribution in [2.24, 2.45) is 0 Å². The SMILES string of the molecule is CCCNC(C)c1ccc(N(C)C(C)CCSC)c(Br)c1. The van der Waals surface area contributed by atoms with Gasteiger partial charge in [0.05, 0.1) is 5.69 Å². The lowest BCUT2D eigenvalue weighted by Gasteiger charge is -2.28. The topological polar surface area (TPSA) is 15.3 Å². The third-order valence-corrected chi connectivity index (χ3v) is 5.23. The van der Waals surface area contributed by atoms with Gasteiger partial charge in [0.2, 0.25) is 0 Å². The van der Waals surface area contributed by atoms with E-state index in [1.165, 1.54) is 34.3 Å². The second kappa shape index (κ2) is 9.75. The van der Waals surface area contributed by atoms with Crippen LogP contribution in [-0.2, 0) is 0 Å². The van der Waals surface area contributed by atoms with Crippen LogP contribution >= 0.6 is 27.7 Å². The van der Waals surface area contributed by atoms with Crippen LogP contribution in [0, 0.1) is 0 Å². The molecule has 0 heterocycles. The summed E-state index contributed by atoms with van der Waals surface area (Å²) in [6.07, 6.45) is 4.54. The second-order valence-electron chi connectivity index (χ2n) is 5.63. The van der Waals surface area contributed by atoms with Crippen LogP contribution in [0.2, 0.25) is 0 Å². The third-order valence-electron chi connectivity index (χ3n) is 3.95. The molecule has 0 spiro atoms. The molecule has 0 saturated heterocycles. The number of nitrogens with one attached hydrogen (secondary N) is 1. The summed E-state index contributed by atoms with van der Waals surface area (Å²) in [5.41, 5.74) is 2.61. The maximum atomic E-state index is 3.75. The van der Waals surface area contributed by atoms with Crippen molar-refractivity contribution < 1.29 is 0 Å². The number of nitrogens with zero attached hydrogens (tertiary/aromatic N) is 1. The van der Waals surface area contributed by atoms with Crippen LogP contribution < -0.4 is 10.2 Å². The van der Waals surface area contributed by atoms with E-state index in [4.69, 9.17) is 0 Å². The van der Waals surface area contributed by atoms with E-state index in [1.54, 1.807) is 0 Å². The zero-order valence-corrected chi connectivity index (χ0v) is 16.4. The fourth-order valence-corrected chi connectivity index (χ4v) is 3.53. The molecule has 0 radical (unpaired) electrons. The lowest BCUT2D eigenvalue weighted by atomic mass is 10.1. The summed E-state index contributed by atoms with van der Waals surface area (Å²) < 4.78 is 1.18. The summed E-state index contributed by atoms with van der Waals surface area (Å²) in [4.78, 5) is 2.37. The van der Waals surface area contributed by atoms with Gasteiger partial charge in [-0.1, -0.05) is 13.0 Å². The summed E-state index contributed by atoms with van der Waals surface area (Å²) in [5, 5.41) is 3.54. The Morgan fingerprint density at radius 1 is 1.33 bits per heavy atom. The molecule has 1 aromatic rings. The van der Waals surface area contributed by atoms with Crippen LogP contribution in [0.4, 0.5) is 5.69 Å². The first-order chi connectivity index (χ1) is 10.0. The summed E-state index contributed by atoms with van der Waals surface area (Å²) in [6.45, 7) is 7.78. The van der Waals surface area contributed by atoms with E-state index in [-0.39, 0.29) is 0 Å². The highest BCUT2D eigenvalue weighted by Crippen LogP contribution is 2.30.